The molecule has 0 radical (unpaired) electrons. The fraction of sp³-hybridized carbons (Fsp3) is 0.333. The molecule has 0 bridgehead atoms. The van der Waals surface area contributed by atoms with Crippen LogP contribution in [0.4, 0.5) is 0 Å². The Labute approximate surface area is 154 Å². The fourth-order valence-corrected chi connectivity index (χ4v) is 2.92. The quantitative estimate of drug-likeness (QED) is 0.713. The molecule has 1 atom stereocenters. The summed E-state index contributed by atoms with van der Waals surface area (Å²) >= 11 is 0. The standard InChI is InChI=1S/C21H25NO4/c1-3-18(17-11-7-8-12-19(17)26-4-2)22-20(23)14-13-15-9-5-6-10-16(15)21(24)25/h5-12,18H,3-4,13-14H2,1-2H3,(H,22,23)(H,24,25). The predicted octanol–water partition coefficient (Wildman–Crippen LogP) is 3.98. The van der Waals surface area contributed by atoms with Gasteiger partial charge in [-0.3, -0.25) is 4.79 Å². The molecule has 5 heteroatoms. The number of benzene rings is 2. The molecule has 1 unspecified atom stereocenters. The molecule has 0 aromatic heterocycles. The Morgan fingerprint density at radius 2 is 1.77 bits per heavy atom. The number of para-hydroxylation sites is 1. The Balaban J connectivity index is 2.03. The Hall–Kier alpha value is -2.82. The van der Waals surface area contributed by atoms with Crippen LogP contribution in [0.5, 0.6) is 5.75 Å². The highest BCUT2D eigenvalue weighted by Gasteiger charge is 2.17. The van der Waals surface area contributed by atoms with Crippen molar-refractivity contribution in [2.24, 2.45) is 0 Å². The van der Waals surface area contributed by atoms with Crippen LogP contribution in [0.2, 0.25) is 0 Å². The number of aryl methyl sites for hydroxylation is 1. The van der Waals surface area contributed by atoms with Crippen LogP contribution in [0.1, 0.15) is 54.2 Å². The van der Waals surface area contributed by atoms with Gasteiger partial charge in [-0.2, -0.15) is 0 Å². The van der Waals surface area contributed by atoms with Gasteiger partial charge in [0.25, 0.3) is 0 Å². The maximum Gasteiger partial charge on any atom is 0.335 e. The van der Waals surface area contributed by atoms with Gasteiger partial charge in [0.15, 0.2) is 0 Å². The Morgan fingerprint density at radius 3 is 2.46 bits per heavy atom. The van der Waals surface area contributed by atoms with Gasteiger partial charge in [0.05, 0.1) is 18.2 Å². The molecule has 0 aliphatic carbocycles. The molecule has 138 valence electrons. The number of carboxylic acid groups (broad SMARTS) is 1. The highest BCUT2D eigenvalue weighted by Crippen LogP contribution is 2.27. The average Bonchev–Trinajstić information content (AvgIpc) is 2.65. The molecule has 0 heterocycles. The zero-order valence-electron chi connectivity index (χ0n) is 15.2. The van der Waals surface area contributed by atoms with Crippen molar-refractivity contribution in [1.82, 2.24) is 5.32 Å². The van der Waals surface area contributed by atoms with Gasteiger partial charge in [0.2, 0.25) is 5.91 Å². The van der Waals surface area contributed by atoms with Crippen LogP contribution in [0, 0.1) is 0 Å². The molecule has 0 saturated carbocycles. The van der Waals surface area contributed by atoms with Crippen LogP contribution in [0.15, 0.2) is 48.5 Å². The van der Waals surface area contributed by atoms with E-state index in [0.29, 0.717) is 18.6 Å². The van der Waals surface area contributed by atoms with Gasteiger partial charge < -0.3 is 15.2 Å². The van der Waals surface area contributed by atoms with Crippen LogP contribution in [-0.2, 0) is 11.2 Å². The van der Waals surface area contributed by atoms with E-state index in [1.165, 1.54) is 0 Å². The summed E-state index contributed by atoms with van der Waals surface area (Å²) in [6.07, 6.45) is 1.36. The third kappa shape index (κ3) is 5.09. The van der Waals surface area contributed by atoms with Gasteiger partial charge in [0, 0.05) is 12.0 Å². The third-order valence-electron chi connectivity index (χ3n) is 4.21. The van der Waals surface area contributed by atoms with Crippen LogP contribution in [0.25, 0.3) is 0 Å². The highest BCUT2D eigenvalue weighted by molar-refractivity contribution is 5.89. The number of carboxylic acids is 1. The van der Waals surface area contributed by atoms with Crippen molar-refractivity contribution >= 4 is 11.9 Å². The summed E-state index contributed by atoms with van der Waals surface area (Å²) in [6, 6.07) is 14.3. The molecule has 2 aromatic rings. The molecule has 2 aromatic carbocycles. The van der Waals surface area contributed by atoms with Crippen molar-refractivity contribution in [2.75, 3.05) is 6.61 Å². The zero-order chi connectivity index (χ0) is 18.9. The molecule has 26 heavy (non-hydrogen) atoms. The second-order valence-electron chi connectivity index (χ2n) is 5.96. The summed E-state index contributed by atoms with van der Waals surface area (Å²) in [4.78, 5) is 23.7. The van der Waals surface area contributed by atoms with E-state index in [4.69, 9.17) is 4.74 Å². The summed E-state index contributed by atoms with van der Waals surface area (Å²) in [7, 11) is 0. The lowest BCUT2D eigenvalue weighted by atomic mass is 10.0. The topological polar surface area (TPSA) is 75.6 Å². The summed E-state index contributed by atoms with van der Waals surface area (Å²) < 4.78 is 5.66. The van der Waals surface area contributed by atoms with E-state index in [1.54, 1.807) is 24.3 Å². The van der Waals surface area contributed by atoms with Crippen molar-refractivity contribution in [1.29, 1.82) is 0 Å². The molecule has 5 nitrogen and oxygen atoms in total. The molecular weight excluding hydrogens is 330 g/mol. The minimum absolute atomic E-state index is 0.108. The minimum atomic E-state index is -0.974. The van der Waals surface area contributed by atoms with E-state index < -0.39 is 5.97 Å². The van der Waals surface area contributed by atoms with Gasteiger partial charge in [-0.25, -0.2) is 4.79 Å². The molecule has 2 N–H and O–H groups in total. The lowest BCUT2D eigenvalue weighted by Crippen LogP contribution is -2.28. The van der Waals surface area contributed by atoms with E-state index in [0.717, 1.165) is 17.7 Å². The first-order valence-electron chi connectivity index (χ1n) is 8.89. The number of carbonyl (C=O) groups is 2. The predicted molar refractivity (Wildman–Crippen MR) is 101 cm³/mol. The first-order chi connectivity index (χ1) is 12.6. The van der Waals surface area contributed by atoms with E-state index in [1.807, 2.05) is 38.1 Å². The monoisotopic (exact) mass is 355 g/mol. The van der Waals surface area contributed by atoms with Crippen molar-refractivity contribution in [2.45, 2.75) is 39.2 Å². The number of carbonyl (C=O) groups excluding carboxylic acids is 1. The first-order valence-corrected chi connectivity index (χ1v) is 8.89. The normalized spacial score (nSPS) is 11.6. The summed E-state index contributed by atoms with van der Waals surface area (Å²) in [5.74, 6) is -0.306. The van der Waals surface area contributed by atoms with Crippen molar-refractivity contribution in [3.63, 3.8) is 0 Å². The van der Waals surface area contributed by atoms with E-state index >= 15 is 0 Å². The maximum atomic E-state index is 12.4. The average molecular weight is 355 g/mol. The number of hydrogen-bond acceptors (Lipinski definition) is 3. The molecule has 2 rings (SSSR count). The molecule has 0 spiro atoms. The maximum absolute atomic E-state index is 12.4. The number of aromatic carboxylic acids is 1. The Morgan fingerprint density at radius 1 is 1.08 bits per heavy atom. The number of rotatable bonds is 9. The van der Waals surface area contributed by atoms with E-state index in [2.05, 4.69) is 5.32 Å². The molecule has 0 aliphatic heterocycles. The van der Waals surface area contributed by atoms with Crippen LogP contribution < -0.4 is 10.1 Å². The number of nitrogens with one attached hydrogen (secondary N) is 1. The molecule has 0 aliphatic rings. The first kappa shape index (κ1) is 19.5. The van der Waals surface area contributed by atoms with Crippen LogP contribution in [0.3, 0.4) is 0 Å². The zero-order valence-corrected chi connectivity index (χ0v) is 15.2. The molecular formula is C21H25NO4. The van der Waals surface area contributed by atoms with Crippen molar-refractivity contribution in [3.8, 4) is 5.75 Å². The summed E-state index contributed by atoms with van der Waals surface area (Å²) in [5.41, 5.74) is 1.86. The second-order valence-corrected chi connectivity index (χ2v) is 5.96. The van der Waals surface area contributed by atoms with Gasteiger partial charge in [-0.05, 0) is 37.5 Å². The SMILES string of the molecule is CCOc1ccccc1C(CC)NC(=O)CCc1ccccc1C(=O)O. The molecule has 1 amide bonds. The summed E-state index contributed by atoms with van der Waals surface area (Å²) in [5, 5.41) is 12.3. The van der Waals surface area contributed by atoms with Crippen molar-refractivity contribution in [3.05, 3.63) is 65.2 Å². The Kier molecular flexibility index (Phi) is 7.21. The molecule has 0 saturated heterocycles. The third-order valence-corrected chi connectivity index (χ3v) is 4.21. The van der Waals surface area contributed by atoms with Gasteiger partial charge >= 0.3 is 5.97 Å². The lowest BCUT2D eigenvalue weighted by Gasteiger charge is -2.20. The smallest absolute Gasteiger partial charge is 0.335 e. The Bertz CT molecular complexity index is 757. The minimum Gasteiger partial charge on any atom is -0.494 e. The highest BCUT2D eigenvalue weighted by atomic mass is 16.5. The van der Waals surface area contributed by atoms with Crippen molar-refractivity contribution < 1.29 is 19.4 Å². The van der Waals surface area contributed by atoms with E-state index in [-0.39, 0.29) is 23.9 Å². The lowest BCUT2D eigenvalue weighted by molar-refractivity contribution is -0.121. The number of amides is 1. The number of hydrogen-bond donors (Lipinski definition) is 2. The van der Waals surface area contributed by atoms with Gasteiger partial charge in [0.1, 0.15) is 5.75 Å². The fourth-order valence-electron chi connectivity index (χ4n) is 2.92. The van der Waals surface area contributed by atoms with Crippen LogP contribution in [-0.4, -0.2) is 23.6 Å². The largest absolute Gasteiger partial charge is 0.494 e. The molecule has 0 fully saturated rings. The van der Waals surface area contributed by atoms with E-state index in [9.17, 15) is 14.7 Å². The van der Waals surface area contributed by atoms with Gasteiger partial charge in [-0.1, -0.05) is 43.3 Å². The second kappa shape index (κ2) is 9.61. The summed E-state index contributed by atoms with van der Waals surface area (Å²) in [6.45, 7) is 4.50. The van der Waals surface area contributed by atoms with Gasteiger partial charge in [-0.15, -0.1) is 0 Å². The number of ether oxygens (including phenoxy) is 1. The van der Waals surface area contributed by atoms with Crippen LogP contribution >= 0.6 is 0 Å².